The topological polar surface area (TPSA) is 58.2 Å². The number of hydrogen-bond donors (Lipinski definition) is 2. The van der Waals surface area contributed by atoms with Crippen molar-refractivity contribution in [1.29, 1.82) is 0 Å². The summed E-state index contributed by atoms with van der Waals surface area (Å²) in [6.45, 7) is 0.924. The zero-order valence-corrected chi connectivity index (χ0v) is 14.5. The van der Waals surface area contributed by atoms with Gasteiger partial charge in [-0.1, -0.05) is 36.4 Å². The van der Waals surface area contributed by atoms with Crippen molar-refractivity contribution in [1.82, 2.24) is 10.6 Å². The van der Waals surface area contributed by atoms with E-state index in [1.54, 1.807) is 12.1 Å². The number of rotatable bonds is 6. The minimum atomic E-state index is -0.0681. The molecule has 0 spiro atoms. The molecule has 24 heavy (non-hydrogen) atoms. The molecule has 0 bridgehead atoms. The number of carbonyl (C=O) groups is 2. The van der Waals surface area contributed by atoms with Gasteiger partial charge >= 0.3 is 0 Å². The Labute approximate surface area is 148 Å². The number of thiophene rings is 2. The lowest BCUT2D eigenvalue weighted by molar-refractivity contribution is 0.0947. The molecule has 1 aromatic carbocycles. The van der Waals surface area contributed by atoms with Gasteiger partial charge in [0.15, 0.2) is 0 Å². The molecule has 0 aliphatic rings. The summed E-state index contributed by atoms with van der Waals surface area (Å²) >= 11 is 2.84. The van der Waals surface area contributed by atoms with E-state index in [2.05, 4.69) is 10.6 Å². The second kappa shape index (κ2) is 7.90. The van der Waals surface area contributed by atoms with Gasteiger partial charge in [0.1, 0.15) is 0 Å². The van der Waals surface area contributed by atoms with Gasteiger partial charge in [0, 0.05) is 13.1 Å². The first-order valence-corrected chi connectivity index (χ1v) is 9.19. The minimum Gasteiger partial charge on any atom is -0.347 e. The van der Waals surface area contributed by atoms with Gasteiger partial charge in [0.25, 0.3) is 11.8 Å². The number of carbonyl (C=O) groups excluding carboxylic acids is 2. The Morgan fingerprint density at radius 3 is 1.67 bits per heavy atom. The molecule has 0 saturated carbocycles. The zero-order valence-electron chi connectivity index (χ0n) is 12.8. The molecule has 3 rings (SSSR count). The maximum Gasteiger partial charge on any atom is 0.261 e. The van der Waals surface area contributed by atoms with Crippen molar-refractivity contribution in [2.45, 2.75) is 13.1 Å². The second-order valence-corrected chi connectivity index (χ2v) is 7.04. The molecule has 0 unspecified atom stereocenters. The molecule has 0 fully saturated rings. The van der Waals surface area contributed by atoms with Gasteiger partial charge in [0.2, 0.25) is 0 Å². The van der Waals surface area contributed by atoms with Crippen LogP contribution in [0.3, 0.4) is 0 Å². The summed E-state index contributed by atoms with van der Waals surface area (Å²) in [5.74, 6) is -0.136. The summed E-state index contributed by atoms with van der Waals surface area (Å²) < 4.78 is 0. The van der Waals surface area contributed by atoms with Crippen LogP contribution in [0.5, 0.6) is 0 Å². The van der Waals surface area contributed by atoms with E-state index < -0.39 is 0 Å². The van der Waals surface area contributed by atoms with Crippen molar-refractivity contribution in [2.75, 3.05) is 0 Å². The van der Waals surface area contributed by atoms with E-state index in [4.69, 9.17) is 0 Å². The molecule has 0 aliphatic heterocycles. The van der Waals surface area contributed by atoms with E-state index >= 15 is 0 Å². The molecule has 0 saturated heterocycles. The highest BCUT2D eigenvalue weighted by molar-refractivity contribution is 7.12. The van der Waals surface area contributed by atoms with E-state index in [0.717, 1.165) is 11.1 Å². The van der Waals surface area contributed by atoms with Crippen LogP contribution in [0, 0.1) is 0 Å². The smallest absolute Gasteiger partial charge is 0.261 e. The van der Waals surface area contributed by atoms with Crippen molar-refractivity contribution >= 4 is 34.5 Å². The first-order valence-electron chi connectivity index (χ1n) is 7.43. The monoisotopic (exact) mass is 356 g/mol. The van der Waals surface area contributed by atoms with Crippen LogP contribution in [-0.4, -0.2) is 11.8 Å². The standard InChI is InChI=1S/C18H16N2O2S2/c21-17(15-6-2-8-23-15)19-11-13-4-1-5-14(10-13)12-20-18(22)16-7-3-9-24-16/h1-10H,11-12H2,(H,19,21)(H,20,22). The highest BCUT2D eigenvalue weighted by atomic mass is 32.1. The number of nitrogens with one attached hydrogen (secondary N) is 2. The number of hydrogen-bond acceptors (Lipinski definition) is 4. The summed E-state index contributed by atoms with van der Waals surface area (Å²) in [5, 5.41) is 9.56. The Morgan fingerprint density at radius 2 is 1.25 bits per heavy atom. The molecular weight excluding hydrogens is 340 g/mol. The van der Waals surface area contributed by atoms with Crippen molar-refractivity contribution in [2.24, 2.45) is 0 Å². The van der Waals surface area contributed by atoms with Crippen LogP contribution >= 0.6 is 22.7 Å². The average Bonchev–Trinajstić information content (AvgIpc) is 3.31. The third-order valence-electron chi connectivity index (χ3n) is 3.39. The fourth-order valence-electron chi connectivity index (χ4n) is 2.20. The number of benzene rings is 1. The Balaban J connectivity index is 1.54. The van der Waals surface area contributed by atoms with Crippen LogP contribution in [-0.2, 0) is 13.1 Å². The first-order chi connectivity index (χ1) is 11.7. The quantitative estimate of drug-likeness (QED) is 0.708. The lowest BCUT2D eigenvalue weighted by Gasteiger charge is -2.08. The fourth-order valence-corrected chi connectivity index (χ4v) is 3.48. The van der Waals surface area contributed by atoms with E-state index in [1.807, 2.05) is 47.2 Å². The van der Waals surface area contributed by atoms with Crippen molar-refractivity contribution < 1.29 is 9.59 Å². The van der Waals surface area contributed by atoms with Gasteiger partial charge in [-0.25, -0.2) is 0 Å². The van der Waals surface area contributed by atoms with Crippen LogP contribution < -0.4 is 10.6 Å². The molecule has 0 atom stereocenters. The fraction of sp³-hybridized carbons (Fsp3) is 0.111. The predicted molar refractivity (Wildman–Crippen MR) is 97.4 cm³/mol. The molecule has 2 heterocycles. The predicted octanol–water partition coefficient (Wildman–Crippen LogP) is 3.67. The van der Waals surface area contributed by atoms with Crippen LogP contribution in [0.25, 0.3) is 0 Å². The molecule has 122 valence electrons. The summed E-state index contributed by atoms with van der Waals surface area (Å²) in [6, 6.07) is 15.2. The van der Waals surface area contributed by atoms with E-state index in [9.17, 15) is 9.59 Å². The van der Waals surface area contributed by atoms with Gasteiger partial charge in [0.05, 0.1) is 9.75 Å². The molecule has 4 nitrogen and oxygen atoms in total. The summed E-state index contributed by atoms with van der Waals surface area (Å²) in [4.78, 5) is 25.3. The lowest BCUT2D eigenvalue weighted by atomic mass is 10.1. The molecule has 6 heteroatoms. The maximum absolute atomic E-state index is 12.0. The highest BCUT2D eigenvalue weighted by Crippen LogP contribution is 2.11. The second-order valence-electron chi connectivity index (χ2n) is 5.14. The van der Waals surface area contributed by atoms with Crippen LogP contribution in [0.1, 0.15) is 30.5 Å². The molecular formula is C18H16N2O2S2. The Kier molecular flexibility index (Phi) is 5.40. The van der Waals surface area contributed by atoms with Gasteiger partial charge in [-0.2, -0.15) is 0 Å². The summed E-state index contributed by atoms with van der Waals surface area (Å²) in [7, 11) is 0. The van der Waals surface area contributed by atoms with E-state index in [1.165, 1.54) is 22.7 Å². The Morgan fingerprint density at radius 1 is 0.750 bits per heavy atom. The van der Waals surface area contributed by atoms with Crippen LogP contribution in [0.2, 0.25) is 0 Å². The molecule has 2 N–H and O–H groups in total. The largest absolute Gasteiger partial charge is 0.347 e. The summed E-state index contributed by atoms with van der Waals surface area (Å²) in [6.07, 6.45) is 0. The maximum atomic E-state index is 12.0. The van der Waals surface area contributed by atoms with Gasteiger partial charge in [-0.15, -0.1) is 22.7 Å². The van der Waals surface area contributed by atoms with Crippen molar-refractivity contribution in [3.63, 3.8) is 0 Å². The lowest BCUT2D eigenvalue weighted by Crippen LogP contribution is -2.23. The van der Waals surface area contributed by atoms with Crippen LogP contribution in [0.4, 0.5) is 0 Å². The van der Waals surface area contributed by atoms with Gasteiger partial charge in [-0.3, -0.25) is 9.59 Å². The average molecular weight is 356 g/mol. The SMILES string of the molecule is O=C(NCc1cccc(CNC(=O)c2cccs2)c1)c1cccs1. The van der Waals surface area contributed by atoms with Gasteiger partial charge < -0.3 is 10.6 Å². The number of amides is 2. The molecule has 3 aromatic rings. The third kappa shape index (κ3) is 4.31. The Bertz CT molecular complexity index is 746. The Hall–Kier alpha value is -2.44. The molecule has 2 amide bonds. The third-order valence-corrected chi connectivity index (χ3v) is 5.12. The van der Waals surface area contributed by atoms with Gasteiger partial charge in [-0.05, 0) is 34.0 Å². The first kappa shape index (κ1) is 16.4. The molecule has 2 aromatic heterocycles. The normalized spacial score (nSPS) is 10.3. The minimum absolute atomic E-state index is 0.0681. The zero-order chi connectivity index (χ0) is 16.8. The van der Waals surface area contributed by atoms with Crippen molar-refractivity contribution in [3.05, 3.63) is 80.2 Å². The van der Waals surface area contributed by atoms with Crippen LogP contribution in [0.15, 0.2) is 59.3 Å². The molecule has 0 radical (unpaired) electrons. The van der Waals surface area contributed by atoms with Crippen molar-refractivity contribution in [3.8, 4) is 0 Å². The van der Waals surface area contributed by atoms with E-state index in [0.29, 0.717) is 22.8 Å². The van der Waals surface area contributed by atoms with E-state index in [-0.39, 0.29) is 11.8 Å². The highest BCUT2D eigenvalue weighted by Gasteiger charge is 2.07. The summed E-state index contributed by atoms with van der Waals surface area (Å²) in [5.41, 5.74) is 2.01. The molecule has 0 aliphatic carbocycles.